The second-order valence-electron chi connectivity index (χ2n) is 6.74. The second kappa shape index (κ2) is 9.65. The third-order valence-corrected chi connectivity index (χ3v) is 4.58. The fourth-order valence-corrected chi connectivity index (χ4v) is 3.10. The number of H-pyrrole nitrogens is 1. The number of hydrogen-bond donors (Lipinski definition) is 3. The van der Waals surface area contributed by atoms with E-state index in [0.717, 1.165) is 30.5 Å². The molecule has 2 heterocycles. The molecule has 1 aliphatic heterocycles. The van der Waals surface area contributed by atoms with Gasteiger partial charge in [0.15, 0.2) is 0 Å². The summed E-state index contributed by atoms with van der Waals surface area (Å²) in [5.74, 6) is -2.51. The van der Waals surface area contributed by atoms with Crippen molar-refractivity contribution in [2.75, 3.05) is 13.1 Å². The van der Waals surface area contributed by atoms with Crippen molar-refractivity contribution in [3.05, 3.63) is 58.3 Å². The molecule has 9 heteroatoms. The SMILES string of the molecule is CC(C)N1CC=C(c2c[nH]c3c([N+](=O)[O-])cccc23)CC1.O=C(O)/C=C\C(=O)O. The minimum Gasteiger partial charge on any atom is -0.478 e. The molecular weight excluding hydrogens is 378 g/mol. The molecule has 154 valence electrons. The number of non-ortho nitro benzene ring substituents is 1. The molecule has 0 saturated carbocycles. The van der Waals surface area contributed by atoms with Gasteiger partial charge in [-0.15, -0.1) is 0 Å². The van der Waals surface area contributed by atoms with E-state index in [4.69, 9.17) is 10.2 Å². The van der Waals surface area contributed by atoms with Crippen LogP contribution >= 0.6 is 0 Å². The summed E-state index contributed by atoms with van der Waals surface area (Å²) < 4.78 is 0. The number of nitrogens with one attached hydrogen (secondary N) is 1. The Morgan fingerprint density at radius 3 is 2.38 bits per heavy atom. The Morgan fingerprint density at radius 2 is 1.90 bits per heavy atom. The highest BCUT2D eigenvalue weighted by atomic mass is 16.6. The van der Waals surface area contributed by atoms with Gasteiger partial charge in [-0.1, -0.05) is 18.2 Å². The van der Waals surface area contributed by atoms with E-state index in [2.05, 4.69) is 29.8 Å². The van der Waals surface area contributed by atoms with Crippen molar-refractivity contribution in [2.24, 2.45) is 0 Å². The number of hydrogen-bond acceptors (Lipinski definition) is 5. The smallest absolute Gasteiger partial charge is 0.328 e. The Balaban J connectivity index is 0.000000321. The third-order valence-electron chi connectivity index (χ3n) is 4.58. The number of aliphatic carboxylic acids is 2. The predicted molar refractivity (Wildman–Crippen MR) is 109 cm³/mol. The predicted octanol–water partition coefficient (Wildman–Crippen LogP) is 3.29. The highest BCUT2D eigenvalue weighted by Crippen LogP contribution is 2.33. The van der Waals surface area contributed by atoms with Crippen LogP contribution in [0, 0.1) is 10.1 Å². The molecule has 1 aliphatic rings. The zero-order valence-corrected chi connectivity index (χ0v) is 16.2. The first-order valence-electron chi connectivity index (χ1n) is 9.02. The molecule has 2 aromatic rings. The number of carbonyl (C=O) groups is 2. The van der Waals surface area contributed by atoms with Gasteiger partial charge in [-0.25, -0.2) is 9.59 Å². The number of benzene rings is 1. The molecule has 0 bridgehead atoms. The van der Waals surface area contributed by atoms with E-state index in [-0.39, 0.29) is 10.6 Å². The molecule has 3 N–H and O–H groups in total. The number of carboxylic acid groups (broad SMARTS) is 2. The van der Waals surface area contributed by atoms with E-state index in [1.165, 1.54) is 5.57 Å². The molecule has 0 radical (unpaired) electrons. The molecule has 0 amide bonds. The van der Waals surface area contributed by atoms with Crippen molar-refractivity contribution >= 4 is 34.1 Å². The summed E-state index contributed by atoms with van der Waals surface area (Å²) >= 11 is 0. The summed E-state index contributed by atoms with van der Waals surface area (Å²) in [6.45, 7) is 6.38. The van der Waals surface area contributed by atoms with E-state index in [1.54, 1.807) is 12.1 Å². The summed E-state index contributed by atoms with van der Waals surface area (Å²) in [5.41, 5.74) is 3.12. The molecule has 0 aliphatic carbocycles. The number of carboxylic acids is 2. The van der Waals surface area contributed by atoms with Crippen molar-refractivity contribution in [1.82, 2.24) is 9.88 Å². The van der Waals surface area contributed by atoms with E-state index >= 15 is 0 Å². The van der Waals surface area contributed by atoms with Crippen LogP contribution < -0.4 is 0 Å². The lowest BCUT2D eigenvalue weighted by Crippen LogP contribution is -2.34. The molecule has 3 rings (SSSR count). The maximum absolute atomic E-state index is 11.1. The topological polar surface area (TPSA) is 137 Å². The quantitative estimate of drug-likeness (QED) is 0.397. The lowest BCUT2D eigenvalue weighted by Gasteiger charge is -2.29. The van der Waals surface area contributed by atoms with Crippen LogP contribution in [0.4, 0.5) is 5.69 Å². The van der Waals surface area contributed by atoms with Crippen molar-refractivity contribution in [3.8, 4) is 0 Å². The lowest BCUT2D eigenvalue weighted by atomic mass is 9.98. The van der Waals surface area contributed by atoms with Crippen LogP contribution in [-0.2, 0) is 9.59 Å². The first-order valence-corrected chi connectivity index (χ1v) is 9.02. The van der Waals surface area contributed by atoms with Crippen LogP contribution in [0.5, 0.6) is 0 Å². The van der Waals surface area contributed by atoms with E-state index in [0.29, 0.717) is 23.7 Å². The normalized spacial score (nSPS) is 14.5. The molecule has 0 unspecified atom stereocenters. The van der Waals surface area contributed by atoms with Gasteiger partial charge in [-0.2, -0.15) is 0 Å². The zero-order chi connectivity index (χ0) is 21.6. The van der Waals surface area contributed by atoms with Gasteiger partial charge in [0, 0.05) is 54.5 Å². The molecular formula is C20H23N3O6. The summed E-state index contributed by atoms with van der Waals surface area (Å²) in [4.78, 5) is 35.3. The number of aromatic amines is 1. The van der Waals surface area contributed by atoms with Gasteiger partial charge in [-0.3, -0.25) is 15.0 Å². The number of nitrogens with zero attached hydrogens (tertiary/aromatic N) is 2. The van der Waals surface area contributed by atoms with Crippen LogP contribution in [0.3, 0.4) is 0 Å². The van der Waals surface area contributed by atoms with Gasteiger partial charge in [0.25, 0.3) is 5.69 Å². The minimum absolute atomic E-state index is 0.138. The second-order valence-corrected chi connectivity index (χ2v) is 6.74. The lowest BCUT2D eigenvalue weighted by molar-refractivity contribution is -0.383. The number of nitro groups is 1. The standard InChI is InChI=1S/C16H19N3O2.C4H4O4/c1-11(2)18-8-6-12(7-9-18)14-10-17-16-13(14)4-3-5-15(16)19(20)21;5-3(6)1-2-4(7)8/h3-6,10-11,17H,7-9H2,1-2H3;1-2H,(H,5,6)(H,7,8)/b;2-1-. The fourth-order valence-electron chi connectivity index (χ4n) is 3.10. The molecule has 29 heavy (non-hydrogen) atoms. The number of rotatable bonds is 5. The van der Waals surface area contributed by atoms with E-state index < -0.39 is 11.9 Å². The van der Waals surface area contributed by atoms with Crippen LogP contribution in [0.15, 0.2) is 42.6 Å². The average molecular weight is 401 g/mol. The van der Waals surface area contributed by atoms with Gasteiger partial charge in [0.1, 0.15) is 5.52 Å². The van der Waals surface area contributed by atoms with Gasteiger partial charge in [0.2, 0.25) is 0 Å². The van der Waals surface area contributed by atoms with Gasteiger partial charge in [0.05, 0.1) is 4.92 Å². The van der Waals surface area contributed by atoms with E-state index in [1.807, 2.05) is 12.3 Å². The summed E-state index contributed by atoms with van der Waals surface area (Å²) in [5, 5.41) is 27.6. The number of nitro benzene ring substituents is 1. The fraction of sp³-hybridized carbons (Fsp3) is 0.300. The van der Waals surface area contributed by atoms with Crippen LogP contribution in [0.25, 0.3) is 16.5 Å². The minimum atomic E-state index is -1.26. The van der Waals surface area contributed by atoms with Crippen LogP contribution in [0.1, 0.15) is 25.8 Å². The summed E-state index contributed by atoms with van der Waals surface area (Å²) in [7, 11) is 0. The van der Waals surface area contributed by atoms with Crippen molar-refractivity contribution < 1.29 is 24.7 Å². The Hall–Kier alpha value is -3.46. The third kappa shape index (κ3) is 5.76. The molecule has 1 aromatic carbocycles. The number of para-hydroxylation sites is 1. The monoisotopic (exact) mass is 401 g/mol. The molecule has 0 fully saturated rings. The first-order chi connectivity index (χ1) is 13.7. The zero-order valence-electron chi connectivity index (χ0n) is 16.2. The maximum Gasteiger partial charge on any atom is 0.328 e. The molecule has 0 spiro atoms. The highest BCUT2D eigenvalue weighted by molar-refractivity contribution is 5.97. The van der Waals surface area contributed by atoms with Gasteiger partial charge < -0.3 is 15.2 Å². The number of aromatic nitrogens is 1. The highest BCUT2D eigenvalue weighted by Gasteiger charge is 2.20. The molecule has 0 saturated heterocycles. The van der Waals surface area contributed by atoms with Gasteiger partial charge in [-0.05, 0) is 25.8 Å². The Kier molecular flexibility index (Phi) is 7.27. The Labute approximate surface area is 167 Å². The van der Waals surface area contributed by atoms with Crippen molar-refractivity contribution in [3.63, 3.8) is 0 Å². The summed E-state index contributed by atoms with van der Waals surface area (Å²) in [6.07, 6.45) is 6.23. The van der Waals surface area contributed by atoms with Crippen molar-refractivity contribution in [1.29, 1.82) is 0 Å². The molecule has 0 atom stereocenters. The number of fused-ring (bicyclic) bond motifs is 1. The van der Waals surface area contributed by atoms with Gasteiger partial charge >= 0.3 is 11.9 Å². The van der Waals surface area contributed by atoms with E-state index in [9.17, 15) is 19.7 Å². The average Bonchev–Trinajstić information content (AvgIpc) is 3.11. The molecule has 1 aromatic heterocycles. The largest absolute Gasteiger partial charge is 0.478 e. The van der Waals surface area contributed by atoms with Crippen molar-refractivity contribution in [2.45, 2.75) is 26.3 Å². The Morgan fingerprint density at radius 1 is 1.24 bits per heavy atom. The Bertz CT molecular complexity index is 958. The summed E-state index contributed by atoms with van der Waals surface area (Å²) in [6, 6.07) is 5.79. The van der Waals surface area contributed by atoms with Crippen LogP contribution in [-0.4, -0.2) is 56.1 Å². The van der Waals surface area contributed by atoms with Crippen LogP contribution in [0.2, 0.25) is 0 Å². The maximum atomic E-state index is 11.1. The first kappa shape index (κ1) is 21.8. The molecule has 9 nitrogen and oxygen atoms in total.